The molecular weight excluding hydrogens is 532 g/mol. The second-order valence-electron chi connectivity index (χ2n) is 11.7. The Hall–Kier alpha value is -3.79. The summed E-state index contributed by atoms with van der Waals surface area (Å²) in [5, 5.41) is 0. The van der Waals surface area contributed by atoms with Crippen molar-refractivity contribution in [1.82, 2.24) is 23.6 Å². The molecule has 1 saturated heterocycles. The summed E-state index contributed by atoms with van der Waals surface area (Å²) < 4.78 is 20.3. The van der Waals surface area contributed by atoms with E-state index in [9.17, 15) is 19.2 Å². The van der Waals surface area contributed by atoms with E-state index in [1.807, 2.05) is 32.6 Å². The van der Waals surface area contributed by atoms with E-state index in [2.05, 4.69) is 11.8 Å². The highest BCUT2D eigenvalue weighted by Gasteiger charge is 2.30. The van der Waals surface area contributed by atoms with Gasteiger partial charge >= 0.3 is 17.8 Å². The number of esters is 1. The van der Waals surface area contributed by atoms with Crippen LogP contribution in [0.5, 0.6) is 0 Å². The number of piperazine rings is 1. The average Bonchev–Trinajstić information content (AvgIpc) is 3.27. The van der Waals surface area contributed by atoms with Crippen molar-refractivity contribution in [2.75, 3.05) is 44.3 Å². The fourth-order valence-electron chi connectivity index (χ4n) is 4.20. The summed E-state index contributed by atoms with van der Waals surface area (Å²) >= 11 is 0. The first-order valence-corrected chi connectivity index (χ1v) is 13.8. The molecule has 2 aromatic heterocycles. The van der Waals surface area contributed by atoms with E-state index in [-0.39, 0.29) is 30.9 Å². The van der Waals surface area contributed by atoms with Gasteiger partial charge in [-0.1, -0.05) is 5.92 Å². The lowest BCUT2D eigenvalue weighted by molar-refractivity contribution is -0.157. The number of aromatic nitrogens is 4. The van der Waals surface area contributed by atoms with Gasteiger partial charge in [-0.05, 0) is 55.4 Å². The summed E-state index contributed by atoms with van der Waals surface area (Å²) in [6.07, 6.45) is -0.394. The molecule has 0 spiro atoms. The molecule has 1 fully saturated rings. The molecule has 1 aliphatic heterocycles. The first-order chi connectivity index (χ1) is 19.2. The minimum atomic E-state index is -0.790. The molecule has 1 amide bonds. The van der Waals surface area contributed by atoms with Crippen LogP contribution in [0.2, 0.25) is 0 Å². The van der Waals surface area contributed by atoms with Gasteiger partial charge in [0, 0.05) is 32.8 Å². The number of rotatable bonds is 8. The summed E-state index contributed by atoms with van der Waals surface area (Å²) in [7, 11) is 0. The Morgan fingerprint density at radius 1 is 0.976 bits per heavy atom. The molecule has 0 atom stereocenters. The van der Waals surface area contributed by atoms with Crippen LogP contribution in [0.3, 0.4) is 0 Å². The molecule has 2 aromatic rings. The monoisotopic (exact) mass is 574 g/mol. The molecular formula is C28H42N6O7. The number of amides is 1. The molecule has 3 rings (SSSR count). The molecule has 0 aromatic carbocycles. The molecule has 41 heavy (non-hydrogen) atoms. The Bertz CT molecular complexity index is 1440. The van der Waals surface area contributed by atoms with E-state index in [0.29, 0.717) is 38.7 Å². The largest absolute Gasteiger partial charge is 0.444 e. The highest BCUT2D eigenvalue weighted by atomic mass is 16.6. The number of imidazole rings is 1. The van der Waals surface area contributed by atoms with Gasteiger partial charge in [-0.2, -0.15) is 4.98 Å². The molecule has 13 nitrogen and oxygen atoms in total. The molecule has 13 heteroatoms. The standard InChI is InChI=1S/C28H42N6O7/c1-9-11-12-32-20-21(29-24(32)30-13-15-31(16-14-30)26(38)41-28(6,7)8)34(19-40-23(36)27(3,4)5)25(37)33(22(20)35)17-18-39-10-2/h10,12-19H2,1-8H3. The third kappa shape index (κ3) is 7.49. The molecule has 0 unspecified atom stereocenters. The third-order valence-electron chi connectivity index (χ3n) is 6.32. The van der Waals surface area contributed by atoms with Crippen molar-refractivity contribution in [2.45, 2.75) is 80.8 Å². The predicted molar refractivity (Wildman–Crippen MR) is 154 cm³/mol. The van der Waals surface area contributed by atoms with Gasteiger partial charge in [-0.15, -0.1) is 5.92 Å². The summed E-state index contributed by atoms with van der Waals surface area (Å²) in [6, 6.07) is 0. The lowest BCUT2D eigenvalue weighted by atomic mass is 9.98. The SMILES string of the molecule is CC#CCn1c(N2CCN(C(=O)OC(C)(C)C)CC2)nc2c1c(=O)n(CCOCC)c(=O)n2COC(=O)C(C)(C)C. The quantitative estimate of drug-likeness (QED) is 0.264. The van der Waals surface area contributed by atoms with Crippen LogP contribution in [0.4, 0.5) is 10.7 Å². The number of hydrogen-bond acceptors (Lipinski definition) is 9. The summed E-state index contributed by atoms with van der Waals surface area (Å²) in [4.78, 5) is 60.7. The minimum absolute atomic E-state index is 0.0171. The van der Waals surface area contributed by atoms with Crippen molar-refractivity contribution < 1.29 is 23.8 Å². The Labute approximate surface area is 240 Å². The van der Waals surface area contributed by atoms with Crippen molar-refractivity contribution >= 4 is 29.2 Å². The zero-order valence-electron chi connectivity index (χ0n) is 25.4. The van der Waals surface area contributed by atoms with Gasteiger partial charge in [0.05, 0.1) is 25.1 Å². The van der Waals surface area contributed by atoms with E-state index in [4.69, 9.17) is 19.2 Å². The Morgan fingerprint density at radius 2 is 1.63 bits per heavy atom. The van der Waals surface area contributed by atoms with Gasteiger partial charge in [-0.25, -0.2) is 14.2 Å². The molecule has 1 aliphatic rings. The van der Waals surface area contributed by atoms with E-state index >= 15 is 0 Å². The predicted octanol–water partition coefficient (Wildman–Crippen LogP) is 2.02. The number of ether oxygens (including phenoxy) is 3. The van der Waals surface area contributed by atoms with Crippen LogP contribution in [-0.4, -0.2) is 80.6 Å². The Kier molecular flexibility index (Phi) is 9.91. The highest BCUT2D eigenvalue weighted by molar-refractivity contribution is 5.76. The maximum absolute atomic E-state index is 13.7. The van der Waals surface area contributed by atoms with Crippen LogP contribution in [-0.2, 0) is 38.8 Å². The molecule has 0 bridgehead atoms. The van der Waals surface area contributed by atoms with Gasteiger partial charge in [0.2, 0.25) is 5.95 Å². The maximum atomic E-state index is 13.7. The zero-order valence-corrected chi connectivity index (χ0v) is 25.4. The first kappa shape index (κ1) is 31.7. The third-order valence-corrected chi connectivity index (χ3v) is 6.32. The van der Waals surface area contributed by atoms with Crippen LogP contribution < -0.4 is 16.1 Å². The maximum Gasteiger partial charge on any atom is 0.410 e. The summed E-state index contributed by atoms with van der Waals surface area (Å²) in [6.45, 7) is 16.0. The van der Waals surface area contributed by atoms with Crippen molar-refractivity contribution in [3.05, 3.63) is 20.8 Å². The number of carbonyl (C=O) groups excluding carboxylic acids is 2. The molecule has 3 heterocycles. The van der Waals surface area contributed by atoms with Crippen LogP contribution in [0.1, 0.15) is 55.4 Å². The molecule has 0 radical (unpaired) electrons. The topological polar surface area (TPSA) is 130 Å². The number of hydrogen-bond donors (Lipinski definition) is 0. The van der Waals surface area contributed by atoms with Crippen molar-refractivity contribution in [3.8, 4) is 11.8 Å². The van der Waals surface area contributed by atoms with Gasteiger partial charge in [0.1, 0.15) is 5.60 Å². The van der Waals surface area contributed by atoms with Gasteiger partial charge < -0.3 is 24.0 Å². The van der Waals surface area contributed by atoms with Crippen LogP contribution >= 0.6 is 0 Å². The van der Waals surface area contributed by atoms with Crippen molar-refractivity contribution in [1.29, 1.82) is 0 Å². The van der Waals surface area contributed by atoms with Crippen molar-refractivity contribution in [3.63, 3.8) is 0 Å². The Morgan fingerprint density at radius 3 is 2.20 bits per heavy atom. The van der Waals surface area contributed by atoms with E-state index in [1.54, 1.807) is 37.2 Å². The smallest absolute Gasteiger partial charge is 0.410 e. The number of nitrogens with zero attached hydrogens (tertiary/aromatic N) is 6. The second kappa shape index (κ2) is 12.8. The molecule has 226 valence electrons. The zero-order chi connectivity index (χ0) is 30.5. The van der Waals surface area contributed by atoms with E-state index in [0.717, 1.165) is 4.57 Å². The van der Waals surface area contributed by atoms with E-state index in [1.165, 1.54) is 4.57 Å². The van der Waals surface area contributed by atoms with Crippen LogP contribution in [0, 0.1) is 17.3 Å². The summed E-state index contributed by atoms with van der Waals surface area (Å²) in [5.41, 5.74) is -2.33. The van der Waals surface area contributed by atoms with Crippen LogP contribution in [0.15, 0.2) is 9.59 Å². The number of anilines is 1. The van der Waals surface area contributed by atoms with Gasteiger partial charge in [-0.3, -0.25) is 18.7 Å². The first-order valence-electron chi connectivity index (χ1n) is 13.8. The fraction of sp³-hybridized carbons (Fsp3) is 0.679. The fourth-order valence-corrected chi connectivity index (χ4v) is 4.20. The number of carbonyl (C=O) groups is 2. The van der Waals surface area contributed by atoms with E-state index < -0.39 is 41.1 Å². The average molecular weight is 575 g/mol. The normalized spacial score (nSPS) is 14.1. The lowest BCUT2D eigenvalue weighted by Crippen LogP contribution is -2.50. The highest BCUT2D eigenvalue weighted by Crippen LogP contribution is 2.23. The lowest BCUT2D eigenvalue weighted by Gasteiger charge is -2.36. The van der Waals surface area contributed by atoms with Gasteiger partial charge in [0.25, 0.3) is 5.56 Å². The van der Waals surface area contributed by atoms with Gasteiger partial charge in [0.15, 0.2) is 17.9 Å². The Balaban J connectivity index is 2.10. The minimum Gasteiger partial charge on any atom is -0.444 e. The molecule has 0 saturated carbocycles. The summed E-state index contributed by atoms with van der Waals surface area (Å²) in [5.74, 6) is 5.78. The van der Waals surface area contributed by atoms with Crippen LogP contribution in [0.25, 0.3) is 11.2 Å². The second-order valence-corrected chi connectivity index (χ2v) is 11.7. The molecule has 0 N–H and O–H groups in total. The van der Waals surface area contributed by atoms with Crippen molar-refractivity contribution in [2.24, 2.45) is 5.41 Å². The molecule has 0 aliphatic carbocycles. The number of fused-ring (bicyclic) bond motifs is 1.